The molecule has 1 aromatic rings. The summed E-state index contributed by atoms with van der Waals surface area (Å²) >= 11 is 0. The lowest BCUT2D eigenvalue weighted by Crippen LogP contribution is -2.33. The molecule has 0 N–H and O–H groups in total. The minimum atomic E-state index is 0.762. The summed E-state index contributed by atoms with van der Waals surface area (Å²) in [5.74, 6) is 0.762. The van der Waals surface area contributed by atoms with Crippen LogP contribution in [-0.4, -0.2) is 25.5 Å². The highest BCUT2D eigenvalue weighted by Gasteiger charge is 2.13. The van der Waals surface area contributed by atoms with Crippen molar-refractivity contribution in [2.75, 3.05) is 20.6 Å². The molecule has 0 aliphatic carbocycles. The van der Waals surface area contributed by atoms with Crippen molar-refractivity contribution in [3.05, 3.63) is 30.1 Å². The molecule has 0 fully saturated rings. The molecule has 0 saturated carbocycles. The highest BCUT2D eigenvalue weighted by atomic mass is 15.0. The summed E-state index contributed by atoms with van der Waals surface area (Å²) in [5, 5.41) is 0. The summed E-state index contributed by atoms with van der Waals surface area (Å²) in [4.78, 5) is 2.30. The van der Waals surface area contributed by atoms with Gasteiger partial charge in [0.05, 0.1) is 0 Å². The van der Waals surface area contributed by atoms with Crippen LogP contribution in [0.5, 0.6) is 0 Å². The van der Waals surface area contributed by atoms with Crippen LogP contribution in [0.1, 0.15) is 231 Å². The van der Waals surface area contributed by atoms with Crippen molar-refractivity contribution >= 4 is 0 Å². The Bertz CT molecular complexity index is 679. The Morgan fingerprint density at radius 1 is 0.435 bits per heavy atom. The van der Waals surface area contributed by atoms with Crippen LogP contribution in [0.2, 0.25) is 0 Å². The van der Waals surface area contributed by atoms with Crippen molar-refractivity contribution in [2.24, 2.45) is 0 Å². The minimum Gasteiger partial charge on any atom is -0.309 e. The van der Waals surface area contributed by atoms with Crippen molar-refractivity contribution in [1.29, 1.82) is 0 Å². The molecule has 270 valence electrons. The number of nitrogens with zero attached hydrogens (tertiary/aromatic N) is 2. The Balaban J connectivity index is 2.25. The predicted molar refractivity (Wildman–Crippen MR) is 207 cm³/mol. The van der Waals surface area contributed by atoms with Gasteiger partial charge < -0.3 is 4.90 Å². The number of aryl methyl sites for hydroxylation is 1. The van der Waals surface area contributed by atoms with Gasteiger partial charge in [0.25, 0.3) is 0 Å². The first-order valence-electron chi connectivity index (χ1n) is 21.3. The molecule has 0 unspecified atom stereocenters. The Morgan fingerprint density at radius 3 is 1.09 bits per heavy atom. The van der Waals surface area contributed by atoms with Gasteiger partial charge in [-0.25, -0.2) is 4.57 Å². The zero-order valence-electron chi connectivity index (χ0n) is 32.3. The van der Waals surface area contributed by atoms with Crippen LogP contribution in [0, 0.1) is 0 Å². The normalized spacial score (nSPS) is 11.8. The molecule has 0 radical (unpaired) electrons. The molecular formula is C44H85N2+. The first-order chi connectivity index (χ1) is 22.7. The fourth-order valence-corrected chi connectivity index (χ4v) is 7.26. The van der Waals surface area contributed by atoms with Crippen LogP contribution in [-0.2, 0) is 6.54 Å². The Kier molecular flexibility index (Phi) is 31.9. The minimum absolute atomic E-state index is 0.762. The molecule has 0 aliphatic heterocycles. The largest absolute Gasteiger partial charge is 0.309 e. The lowest BCUT2D eigenvalue weighted by molar-refractivity contribution is -0.697. The van der Waals surface area contributed by atoms with Gasteiger partial charge in [0.1, 0.15) is 6.54 Å². The summed E-state index contributed by atoms with van der Waals surface area (Å²) in [5.41, 5.74) is 1.61. The number of aromatic nitrogens is 1. The molecule has 1 heterocycles. The van der Waals surface area contributed by atoms with Gasteiger partial charge in [-0.05, 0) is 51.4 Å². The first-order valence-corrected chi connectivity index (χ1v) is 21.3. The van der Waals surface area contributed by atoms with Gasteiger partial charge in [0, 0.05) is 18.6 Å². The zero-order valence-corrected chi connectivity index (χ0v) is 32.3. The fourth-order valence-electron chi connectivity index (χ4n) is 7.26. The van der Waals surface area contributed by atoms with E-state index in [2.05, 4.69) is 61.9 Å². The second kappa shape index (κ2) is 34.0. The van der Waals surface area contributed by atoms with E-state index in [4.69, 9.17) is 0 Å². The van der Waals surface area contributed by atoms with Gasteiger partial charge in [-0.1, -0.05) is 194 Å². The van der Waals surface area contributed by atoms with Crippen LogP contribution in [0.3, 0.4) is 0 Å². The summed E-state index contributed by atoms with van der Waals surface area (Å²) in [6.45, 7) is 6.97. The molecular weight excluding hydrogens is 556 g/mol. The van der Waals surface area contributed by atoms with E-state index in [0.29, 0.717) is 0 Å². The average Bonchev–Trinajstić information content (AvgIpc) is 3.06. The third-order valence-corrected chi connectivity index (χ3v) is 10.5. The standard InChI is InChI=1S/C44H85N2/c1-5-7-9-11-13-15-17-19-21-23-25-27-29-31-35-43(44-37-41-46(42-38-44)40-34-33-39-45(3)4)36-32-30-28-26-24-22-20-18-16-14-12-10-8-6-2/h37-38,41-43H,5-36,39-40H2,1-4H3/q+1. The summed E-state index contributed by atoms with van der Waals surface area (Å²) in [7, 11) is 4.36. The van der Waals surface area contributed by atoms with E-state index >= 15 is 0 Å². The molecule has 2 nitrogen and oxygen atoms in total. The van der Waals surface area contributed by atoms with Gasteiger partial charge in [-0.15, -0.1) is 0 Å². The van der Waals surface area contributed by atoms with Crippen molar-refractivity contribution in [3.63, 3.8) is 0 Å². The molecule has 0 bridgehead atoms. The van der Waals surface area contributed by atoms with E-state index in [1.165, 1.54) is 212 Å². The Morgan fingerprint density at radius 2 is 0.761 bits per heavy atom. The van der Waals surface area contributed by atoms with Gasteiger partial charge in [0.15, 0.2) is 12.4 Å². The zero-order chi connectivity index (χ0) is 33.2. The van der Waals surface area contributed by atoms with Crippen LogP contribution in [0.15, 0.2) is 24.5 Å². The quantitative estimate of drug-likeness (QED) is 0.0522. The molecule has 0 spiro atoms. The molecule has 2 heteroatoms. The topological polar surface area (TPSA) is 7.12 Å². The lowest BCUT2D eigenvalue weighted by atomic mass is 9.88. The van der Waals surface area contributed by atoms with Crippen LogP contribution in [0.25, 0.3) is 0 Å². The van der Waals surface area contributed by atoms with Crippen molar-refractivity contribution in [3.8, 4) is 0 Å². The second-order valence-corrected chi connectivity index (χ2v) is 15.3. The second-order valence-electron chi connectivity index (χ2n) is 15.3. The summed E-state index contributed by atoms with van der Waals surface area (Å²) in [6.07, 6.45) is 50.7. The van der Waals surface area contributed by atoms with Crippen molar-refractivity contribution in [2.45, 2.75) is 232 Å². The third-order valence-electron chi connectivity index (χ3n) is 10.5. The maximum Gasteiger partial charge on any atom is 0.169 e. The molecule has 0 aliphatic rings. The Labute approximate surface area is 291 Å². The highest BCUT2D eigenvalue weighted by Crippen LogP contribution is 2.28. The van der Waals surface area contributed by atoms with E-state index in [0.717, 1.165) is 12.5 Å². The SMILES string of the molecule is CCCCCCCCCCCCCCCCC(CCCCCCCCCCCCCCCC)c1cc[n+](CCCCN(C)C)cc1. The molecule has 46 heavy (non-hydrogen) atoms. The monoisotopic (exact) mass is 642 g/mol. The van der Waals surface area contributed by atoms with E-state index in [9.17, 15) is 0 Å². The summed E-state index contributed by atoms with van der Waals surface area (Å²) < 4.78 is 2.41. The van der Waals surface area contributed by atoms with Crippen LogP contribution in [0.4, 0.5) is 0 Å². The first kappa shape index (κ1) is 43.1. The highest BCUT2D eigenvalue weighted by molar-refractivity contribution is 5.13. The fraction of sp³-hybridized carbons (Fsp3) is 0.886. The predicted octanol–water partition coefficient (Wildman–Crippen LogP) is 14.1. The molecule has 1 aromatic heterocycles. The molecule has 0 aromatic carbocycles. The van der Waals surface area contributed by atoms with Gasteiger partial charge in [0.2, 0.25) is 0 Å². The number of unbranched alkanes of at least 4 members (excludes halogenated alkanes) is 27. The van der Waals surface area contributed by atoms with Gasteiger partial charge >= 0.3 is 0 Å². The van der Waals surface area contributed by atoms with Gasteiger partial charge in [-0.2, -0.15) is 0 Å². The van der Waals surface area contributed by atoms with Gasteiger partial charge in [-0.3, -0.25) is 0 Å². The van der Waals surface area contributed by atoms with E-state index in [1.807, 2.05) is 0 Å². The van der Waals surface area contributed by atoms with E-state index in [1.54, 1.807) is 5.56 Å². The Hall–Kier alpha value is -0.890. The number of hydrogen-bond donors (Lipinski definition) is 0. The molecule has 1 rings (SSSR count). The third kappa shape index (κ3) is 28.2. The van der Waals surface area contributed by atoms with Crippen LogP contribution < -0.4 is 4.57 Å². The van der Waals surface area contributed by atoms with E-state index in [-0.39, 0.29) is 0 Å². The number of rotatable bonds is 36. The lowest BCUT2D eigenvalue weighted by Gasteiger charge is -2.17. The maximum absolute atomic E-state index is 2.46. The summed E-state index contributed by atoms with van der Waals surface area (Å²) in [6, 6.07) is 4.93. The maximum atomic E-state index is 2.46. The molecule has 0 saturated heterocycles. The van der Waals surface area contributed by atoms with E-state index < -0.39 is 0 Å². The van der Waals surface area contributed by atoms with Crippen LogP contribution >= 0.6 is 0 Å². The smallest absolute Gasteiger partial charge is 0.169 e. The number of pyridine rings is 1. The van der Waals surface area contributed by atoms with Crippen molar-refractivity contribution < 1.29 is 4.57 Å². The molecule has 0 amide bonds. The van der Waals surface area contributed by atoms with Crippen molar-refractivity contribution in [1.82, 2.24) is 4.90 Å². The number of hydrogen-bond acceptors (Lipinski definition) is 1. The average molecular weight is 642 g/mol. The molecule has 0 atom stereocenters.